The predicted octanol–water partition coefficient (Wildman–Crippen LogP) is 25.8. The third-order valence-corrected chi connectivity index (χ3v) is 23.3. The Morgan fingerprint density at radius 3 is 1.10 bits per heavy atom. The quantitative estimate of drug-likeness (QED) is 0.112. The van der Waals surface area contributed by atoms with Crippen LogP contribution in [0.2, 0.25) is 0 Å². The third-order valence-electron chi connectivity index (χ3n) is 23.3. The van der Waals surface area contributed by atoms with E-state index in [2.05, 4.69) is 336 Å². The number of nitrogens with zero attached hydrogens (tertiary/aromatic N) is 6. The Kier molecular flexibility index (Phi) is 19.8. The predicted molar refractivity (Wildman–Crippen MR) is 461 cm³/mol. The first-order valence-electron chi connectivity index (χ1n) is 38.5. The van der Waals surface area contributed by atoms with Gasteiger partial charge in [0.1, 0.15) is 23.1 Å². The molecule has 0 bridgehead atoms. The van der Waals surface area contributed by atoms with Crippen LogP contribution in [0, 0.1) is 12.1 Å². The Hall–Kier alpha value is -12.7. The van der Waals surface area contributed by atoms with Crippen LogP contribution in [0.25, 0.3) is 157 Å². The third kappa shape index (κ3) is 13.2. The first-order chi connectivity index (χ1) is 55.1. The number of para-hydroxylation sites is 6. The van der Waals surface area contributed by atoms with Gasteiger partial charge in [0.25, 0.3) is 0 Å². The number of phenolic OH excluding ortho intramolecular Hbond substituents is 2. The molecule has 4 heterocycles. The van der Waals surface area contributed by atoms with Crippen molar-refractivity contribution in [3.8, 4) is 146 Å². The van der Waals surface area contributed by atoms with Crippen molar-refractivity contribution in [1.29, 1.82) is 0 Å². The van der Waals surface area contributed by atoms with Crippen molar-refractivity contribution in [2.24, 2.45) is 0 Å². The van der Waals surface area contributed by atoms with Gasteiger partial charge in [-0.15, -0.1) is 53.1 Å². The van der Waals surface area contributed by atoms with Gasteiger partial charge in [0, 0.05) is 104 Å². The largest absolute Gasteiger partial charge is 0.507 e. The topological polar surface area (TPSA) is 102 Å². The van der Waals surface area contributed by atoms with Gasteiger partial charge in [0.05, 0.1) is 44.6 Å². The Morgan fingerprint density at radius 2 is 0.643 bits per heavy atom. The molecule has 2 aliphatic carbocycles. The van der Waals surface area contributed by atoms with Gasteiger partial charge in [-0.05, 0) is 104 Å². The summed E-state index contributed by atoms with van der Waals surface area (Å²) in [6.07, 6.45) is 4.08. The maximum atomic E-state index is 11.3. The summed E-state index contributed by atoms with van der Waals surface area (Å²) < 4.78 is 4.37. The van der Waals surface area contributed by atoms with Crippen molar-refractivity contribution in [2.45, 2.75) is 57.8 Å². The van der Waals surface area contributed by atoms with Gasteiger partial charge in [-0.2, -0.15) is 0 Å². The first kappa shape index (κ1) is 75.0. The number of fused-ring (bicyclic) bond motifs is 8. The maximum Gasteiger partial charge on any atom is 0.148 e. The molecule has 562 valence electrons. The van der Waals surface area contributed by atoms with E-state index in [0.717, 1.165) is 117 Å². The maximum absolute atomic E-state index is 11.3. The molecule has 2 aliphatic rings. The average molecular weight is 1850 g/mol. The van der Waals surface area contributed by atoms with Gasteiger partial charge in [-0.3, -0.25) is 19.1 Å². The van der Waals surface area contributed by atoms with Crippen LogP contribution in [0.1, 0.15) is 74.9 Å². The summed E-state index contributed by atoms with van der Waals surface area (Å²) in [5.41, 5.74) is 32.4. The minimum absolute atomic E-state index is 0. The fourth-order valence-electron chi connectivity index (χ4n) is 17.2. The van der Waals surface area contributed by atoms with Gasteiger partial charge < -0.3 is 10.2 Å². The summed E-state index contributed by atoms with van der Waals surface area (Å²) in [5, 5.41) is 22.6. The van der Waals surface area contributed by atoms with E-state index in [1.54, 1.807) is 12.1 Å². The molecule has 14 aromatic carbocycles. The molecule has 4 aromatic heterocycles. The van der Waals surface area contributed by atoms with Crippen LogP contribution >= 0.6 is 0 Å². The van der Waals surface area contributed by atoms with Crippen LogP contribution in [0.5, 0.6) is 11.5 Å². The van der Waals surface area contributed by atoms with Crippen LogP contribution in [-0.4, -0.2) is 39.3 Å². The number of imidazole rings is 2. The van der Waals surface area contributed by atoms with E-state index in [4.69, 9.17) is 19.9 Å². The molecule has 0 atom stereocenters. The van der Waals surface area contributed by atoms with Crippen molar-refractivity contribution in [3.63, 3.8) is 0 Å². The summed E-state index contributed by atoms with van der Waals surface area (Å²) in [4.78, 5) is 21.1. The van der Waals surface area contributed by atoms with E-state index >= 15 is 0 Å². The molecule has 20 rings (SSSR count). The Balaban J connectivity index is 0.000000163. The fraction of sp³-hybridized carbons (Fsp3) is 0.0857. The number of pyridine rings is 2. The van der Waals surface area contributed by atoms with Crippen molar-refractivity contribution in [1.82, 2.24) is 29.1 Å². The van der Waals surface area contributed by atoms with Gasteiger partial charge >= 0.3 is 0 Å². The van der Waals surface area contributed by atoms with E-state index in [0.29, 0.717) is 22.8 Å². The zero-order valence-corrected chi connectivity index (χ0v) is 68.7. The monoisotopic (exact) mass is 1840 g/mol. The molecule has 0 radical (unpaired) electrons. The SMILES string of the molecule is CC(C)(c1ccccc1)c1cc(-c2cc3c(cn2)-c2ccccc2C3(C)C)[c-]c(-c2cccc3c2nc(-c2ccccc2O)n3-c2ccccc2-c2ccccc2)c1.CC1(C)c2ccccc2-c2cnc(-c3[c-]c(-c4cccc5c4nc(-c4ccccc4O)n5-c4ccccc4-c4ccccc4)cc(-c4ccccc4)c3)cc21.[Pt].[Pt]. The summed E-state index contributed by atoms with van der Waals surface area (Å²) in [6.45, 7) is 13.8. The van der Waals surface area contributed by atoms with E-state index < -0.39 is 0 Å². The second kappa shape index (κ2) is 30.3. The van der Waals surface area contributed by atoms with Crippen LogP contribution in [0.4, 0.5) is 0 Å². The normalized spacial score (nSPS) is 12.7. The molecule has 0 aliphatic heterocycles. The average Bonchev–Trinajstić information content (AvgIpc) is 1.58. The summed E-state index contributed by atoms with van der Waals surface area (Å²) in [7, 11) is 0. The van der Waals surface area contributed by atoms with Gasteiger partial charge in [-0.1, -0.05) is 336 Å². The summed E-state index contributed by atoms with van der Waals surface area (Å²) in [5.74, 6) is 1.66. The molecule has 10 heteroatoms. The molecule has 0 amide bonds. The van der Waals surface area contributed by atoms with Crippen LogP contribution in [-0.2, 0) is 58.4 Å². The minimum Gasteiger partial charge on any atom is -0.507 e. The van der Waals surface area contributed by atoms with E-state index in [9.17, 15) is 10.2 Å². The summed E-state index contributed by atoms with van der Waals surface area (Å²) in [6, 6.07) is 125. The molecular weight excluding hydrogens is 1770 g/mol. The van der Waals surface area contributed by atoms with Crippen LogP contribution < -0.4 is 0 Å². The van der Waals surface area contributed by atoms with Gasteiger partial charge in [0.15, 0.2) is 0 Å². The Labute approximate surface area is 699 Å². The number of benzene rings is 14. The summed E-state index contributed by atoms with van der Waals surface area (Å²) >= 11 is 0. The number of rotatable bonds is 13. The second-order valence-corrected chi connectivity index (χ2v) is 31.0. The van der Waals surface area contributed by atoms with Crippen LogP contribution in [0.3, 0.4) is 0 Å². The molecule has 18 aromatic rings. The Morgan fingerprint density at radius 1 is 0.296 bits per heavy atom. The number of hydrogen-bond acceptors (Lipinski definition) is 6. The molecule has 115 heavy (non-hydrogen) atoms. The number of hydrogen-bond donors (Lipinski definition) is 2. The molecule has 8 nitrogen and oxygen atoms in total. The molecule has 0 unspecified atom stereocenters. The molecule has 0 saturated heterocycles. The Bertz CT molecular complexity index is 6750. The van der Waals surface area contributed by atoms with Gasteiger partial charge in [0.2, 0.25) is 0 Å². The standard InChI is InChI=1S/C54H42N3O.C51H36N3O.2Pt/c1-53(2,38-20-9-6-10-21-38)39-31-36(30-37(32-39)47-33-46-44(34-55-47)42-23-11-14-26-45(42)54(46,3)4)41-25-17-28-49-51(41)56-52(43-24-13-16-29-50(43)58)57(49)48-27-15-12-22-40(48)35-18-7-5-8-19-35;1-51(2)43-24-12-9-21-40(43)42-32-52-45(31-44(42)51)37-29-35(33-16-5-3-6-17-33)28-36(30-37)39-23-15-26-47-49(39)53-50(41-22-11-14-27-48(41)55)54(47)46-25-13-10-20-38(46)34-18-7-4-8-19-34;;/h5-29,31-34,58H,1-4H3;3-29,31-32,55H,1-2H3;;/q2*-1;;. The van der Waals surface area contributed by atoms with Gasteiger partial charge in [-0.25, -0.2) is 9.97 Å². The zero-order valence-electron chi connectivity index (χ0n) is 64.2. The van der Waals surface area contributed by atoms with Crippen molar-refractivity contribution >= 4 is 22.1 Å². The second-order valence-electron chi connectivity index (χ2n) is 31.0. The first-order valence-corrected chi connectivity index (χ1v) is 38.5. The molecule has 2 N–H and O–H groups in total. The minimum atomic E-state index is -0.338. The smallest absolute Gasteiger partial charge is 0.148 e. The fourth-order valence-corrected chi connectivity index (χ4v) is 17.2. The molecular formula is C105H78N6O2Pt2-2. The number of aromatic hydroxyl groups is 2. The van der Waals surface area contributed by atoms with E-state index in [-0.39, 0.29) is 69.9 Å². The van der Waals surface area contributed by atoms with Crippen molar-refractivity contribution < 1.29 is 52.3 Å². The van der Waals surface area contributed by atoms with Crippen molar-refractivity contribution in [2.75, 3.05) is 0 Å². The molecule has 0 saturated carbocycles. The molecule has 0 fully saturated rings. The van der Waals surface area contributed by atoms with Crippen LogP contribution in [0.15, 0.2) is 352 Å². The van der Waals surface area contributed by atoms with E-state index in [1.807, 2.05) is 67.0 Å². The number of phenols is 2. The zero-order chi connectivity index (χ0) is 76.7. The number of aromatic nitrogens is 6. The van der Waals surface area contributed by atoms with Crippen molar-refractivity contribution in [3.05, 3.63) is 398 Å². The molecule has 0 spiro atoms. The van der Waals surface area contributed by atoms with E-state index in [1.165, 1.54) is 50.1 Å².